The standard InChI is InChI=1S/C96H86N4S2/c1-65(2)67-41-53-81(54-42-67)99(83-61-49-73(50-62-83)95(5,6)7)89-87-85(69-29-17-11-18-30-69)91(71-45-57-79(58-46-71)97(75-33-21-13-22-34-75)76-35-23-14-24-36-76)102-94(87)90(100(82-55-43-68(44-56-82)66(3)4)84-63-51-74(52-64-84)96(8,9)10)88-86(70-31-19-12-20-32-70)92(101-93(88)89)72-47-59-80(60-48-72)98(77-37-25-15-26-38-77)78-39-27-16-28-40-78/h11-66H,1-10H3. The van der Waals surface area contributed by atoms with Gasteiger partial charge in [-0.15, -0.1) is 22.7 Å². The van der Waals surface area contributed by atoms with Crippen LogP contribution in [0, 0.1) is 0 Å². The van der Waals surface area contributed by atoms with Crippen LogP contribution in [-0.4, -0.2) is 0 Å². The molecule has 0 aliphatic carbocycles. The van der Waals surface area contributed by atoms with Gasteiger partial charge in [0, 0.05) is 88.5 Å². The molecule has 0 unspecified atom stereocenters. The van der Waals surface area contributed by atoms with Gasteiger partial charge in [0.15, 0.2) is 0 Å². The van der Waals surface area contributed by atoms with Crippen LogP contribution in [0.4, 0.5) is 68.2 Å². The van der Waals surface area contributed by atoms with Crippen LogP contribution in [0.2, 0.25) is 0 Å². The highest BCUT2D eigenvalue weighted by molar-refractivity contribution is 7.26. The van der Waals surface area contributed by atoms with Crippen LogP contribution in [-0.2, 0) is 10.8 Å². The molecule has 502 valence electrons. The molecule has 2 heterocycles. The molecule has 0 atom stereocenters. The van der Waals surface area contributed by atoms with E-state index in [0.717, 1.165) is 90.5 Å². The molecule has 0 saturated carbocycles. The molecule has 0 aliphatic heterocycles. The van der Waals surface area contributed by atoms with Crippen LogP contribution < -0.4 is 19.6 Å². The summed E-state index contributed by atoms with van der Waals surface area (Å²) in [5.41, 5.74) is 25.0. The van der Waals surface area contributed by atoms with Gasteiger partial charge in [-0.25, -0.2) is 0 Å². The Labute approximate surface area is 611 Å². The number of benzene rings is 13. The van der Waals surface area contributed by atoms with Crippen molar-refractivity contribution in [2.45, 2.75) is 91.9 Å². The molecule has 13 aromatic carbocycles. The molecule has 0 aliphatic rings. The van der Waals surface area contributed by atoms with E-state index in [1.165, 1.54) is 63.3 Å². The van der Waals surface area contributed by atoms with Gasteiger partial charge in [0.05, 0.1) is 20.8 Å². The van der Waals surface area contributed by atoms with Crippen molar-refractivity contribution in [1.29, 1.82) is 0 Å². The number of anilines is 12. The first-order valence-corrected chi connectivity index (χ1v) is 37.4. The minimum Gasteiger partial charge on any atom is -0.311 e. The van der Waals surface area contributed by atoms with E-state index >= 15 is 0 Å². The summed E-state index contributed by atoms with van der Waals surface area (Å²) in [6, 6.07) is 122. The predicted molar refractivity (Wildman–Crippen MR) is 443 cm³/mol. The van der Waals surface area contributed by atoms with Gasteiger partial charge in [0.1, 0.15) is 0 Å². The maximum atomic E-state index is 2.62. The van der Waals surface area contributed by atoms with E-state index in [1.54, 1.807) is 0 Å². The zero-order chi connectivity index (χ0) is 70.2. The quantitative estimate of drug-likeness (QED) is 0.0794. The summed E-state index contributed by atoms with van der Waals surface area (Å²) in [7, 11) is 0. The molecule has 0 bridgehead atoms. The average Bonchev–Trinajstić information content (AvgIpc) is 1.53. The summed E-state index contributed by atoms with van der Waals surface area (Å²) in [6.45, 7) is 23.0. The molecule has 0 amide bonds. The molecule has 102 heavy (non-hydrogen) atoms. The molecule has 6 heteroatoms. The largest absolute Gasteiger partial charge is 0.311 e. The first-order chi connectivity index (χ1) is 49.6. The smallest absolute Gasteiger partial charge is 0.0735 e. The minimum absolute atomic E-state index is 0.0775. The van der Waals surface area contributed by atoms with Gasteiger partial charge in [-0.2, -0.15) is 0 Å². The molecule has 0 N–H and O–H groups in total. The molecule has 15 aromatic rings. The van der Waals surface area contributed by atoms with Crippen LogP contribution in [0.1, 0.15) is 103 Å². The van der Waals surface area contributed by atoms with Crippen LogP contribution in [0.15, 0.2) is 328 Å². The number of fused-ring (bicyclic) bond motifs is 2. The molecule has 4 nitrogen and oxygen atoms in total. The average molecular weight is 1360 g/mol. The van der Waals surface area contributed by atoms with Crippen molar-refractivity contribution in [3.63, 3.8) is 0 Å². The first kappa shape index (κ1) is 66.8. The number of rotatable bonds is 18. The van der Waals surface area contributed by atoms with Crippen molar-refractivity contribution in [3.8, 4) is 43.1 Å². The SMILES string of the molecule is CC(C)c1ccc(N(c2ccc(C(C)(C)C)cc2)c2c3sc(-c4ccc(N(c5ccccc5)c5ccccc5)cc4)c(-c4ccccc4)c3c(N(c3ccc(C(C)C)cc3)c3ccc(C(C)(C)C)cc3)c3sc(-c4ccc(N(c5ccccc5)c5ccccc5)cc4)c(-c4ccccc4)c23)cc1. The Balaban J connectivity index is 1.13. The van der Waals surface area contributed by atoms with E-state index in [-0.39, 0.29) is 10.8 Å². The van der Waals surface area contributed by atoms with E-state index in [2.05, 4.69) is 416 Å². The third kappa shape index (κ3) is 13.1. The van der Waals surface area contributed by atoms with E-state index in [4.69, 9.17) is 0 Å². The fraction of sp³-hybridized carbons (Fsp3) is 0.146. The second-order valence-electron chi connectivity index (χ2n) is 29.3. The fourth-order valence-electron chi connectivity index (χ4n) is 14.2. The topological polar surface area (TPSA) is 13.0 Å². The van der Waals surface area contributed by atoms with Gasteiger partial charge in [-0.1, -0.05) is 275 Å². The van der Waals surface area contributed by atoms with Crippen molar-refractivity contribution >= 4 is 111 Å². The second kappa shape index (κ2) is 28.2. The Kier molecular flexibility index (Phi) is 18.5. The lowest BCUT2D eigenvalue weighted by atomic mass is 9.87. The third-order valence-corrected chi connectivity index (χ3v) is 22.2. The Bertz CT molecular complexity index is 4910. The lowest BCUT2D eigenvalue weighted by molar-refractivity contribution is 0.590. The number of para-hydroxylation sites is 4. The molecular formula is C96H86N4S2. The summed E-state index contributed by atoms with van der Waals surface area (Å²) in [6.07, 6.45) is 0. The first-order valence-electron chi connectivity index (χ1n) is 35.8. The number of thiophene rings is 2. The molecule has 2 aromatic heterocycles. The number of hydrogen-bond donors (Lipinski definition) is 0. The van der Waals surface area contributed by atoms with Crippen LogP contribution in [0.3, 0.4) is 0 Å². The lowest BCUT2D eigenvalue weighted by Gasteiger charge is -2.32. The Hall–Kier alpha value is -11.0. The minimum atomic E-state index is -0.0775. The monoisotopic (exact) mass is 1360 g/mol. The zero-order valence-electron chi connectivity index (χ0n) is 59.9. The molecule has 15 rings (SSSR count). The maximum Gasteiger partial charge on any atom is 0.0735 e. The third-order valence-electron chi connectivity index (χ3n) is 19.7. The normalized spacial score (nSPS) is 11.8. The zero-order valence-corrected chi connectivity index (χ0v) is 61.6. The number of hydrogen-bond acceptors (Lipinski definition) is 6. The Morgan fingerprint density at radius 2 is 0.461 bits per heavy atom. The highest BCUT2D eigenvalue weighted by Gasteiger charge is 2.36. The summed E-state index contributed by atoms with van der Waals surface area (Å²) >= 11 is 3.83. The second-order valence-corrected chi connectivity index (χ2v) is 31.4. The summed E-state index contributed by atoms with van der Waals surface area (Å²) < 4.78 is 2.35. The fourth-order valence-corrected chi connectivity index (χ4v) is 17.0. The molecular weight excluding hydrogens is 1270 g/mol. The molecule has 0 fully saturated rings. The van der Waals surface area contributed by atoms with Crippen molar-refractivity contribution in [1.82, 2.24) is 0 Å². The van der Waals surface area contributed by atoms with Gasteiger partial charge in [0.25, 0.3) is 0 Å². The Morgan fingerprint density at radius 3 is 0.716 bits per heavy atom. The van der Waals surface area contributed by atoms with Crippen molar-refractivity contribution in [2.24, 2.45) is 0 Å². The number of nitrogens with zero attached hydrogens (tertiary/aromatic N) is 4. The van der Waals surface area contributed by atoms with E-state index in [0.29, 0.717) is 11.8 Å². The van der Waals surface area contributed by atoms with Crippen molar-refractivity contribution in [3.05, 3.63) is 350 Å². The molecule has 0 spiro atoms. The summed E-state index contributed by atoms with van der Waals surface area (Å²) in [5.74, 6) is 0.675. The van der Waals surface area contributed by atoms with Gasteiger partial charge in [0.2, 0.25) is 0 Å². The van der Waals surface area contributed by atoms with E-state index in [1.807, 2.05) is 22.7 Å². The van der Waals surface area contributed by atoms with E-state index in [9.17, 15) is 0 Å². The van der Waals surface area contributed by atoms with Crippen molar-refractivity contribution in [2.75, 3.05) is 19.6 Å². The molecule has 0 radical (unpaired) electrons. The van der Waals surface area contributed by atoms with Gasteiger partial charge < -0.3 is 19.6 Å². The lowest BCUT2D eigenvalue weighted by Crippen LogP contribution is -2.15. The van der Waals surface area contributed by atoms with Crippen LogP contribution >= 0.6 is 22.7 Å². The predicted octanol–water partition coefficient (Wildman–Crippen LogP) is 29.5. The van der Waals surface area contributed by atoms with Gasteiger partial charge in [-0.3, -0.25) is 0 Å². The highest BCUT2D eigenvalue weighted by atomic mass is 32.1. The summed E-state index contributed by atoms with van der Waals surface area (Å²) in [4.78, 5) is 12.3. The molecule has 0 saturated heterocycles. The highest BCUT2D eigenvalue weighted by Crippen LogP contribution is 2.63. The van der Waals surface area contributed by atoms with E-state index < -0.39 is 0 Å². The van der Waals surface area contributed by atoms with Crippen molar-refractivity contribution < 1.29 is 0 Å². The van der Waals surface area contributed by atoms with Crippen LogP contribution in [0.25, 0.3) is 63.3 Å². The van der Waals surface area contributed by atoms with Crippen LogP contribution in [0.5, 0.6) is 0 Å². The summed E-state index contributed by atoms with van der Waals surface area (Å²) in [5, 5.41) is 2.35. The van der Waals surface area contributed by atoms with Gasteiger partial charge >= 0.3 is 0 Å². The maximum absolute atomic E-state index is 2.62. The van der Waals surface area contributed by atoms with Gasteiger partial charge in [-0.05, 0) is 189 Å². The Morgan fingerprint density at radius 1 is 0.235 bits per heavy atom.